The van der Waals surface area contributed by atoms with Gasteiger partial charge in [-0.15, -0.1) is 0 Å². The Morgan fingerprint density at radius 2 is 1.76 bits per heavy atom. The summed E-state index contributed by atoms with van der Waals surface area (Å²) in [7, 11) is 1.50. The summed E-state index contributed by atoms with van der Waals surface area (Å²) in [6, 6.07) is 20.5. The molecule has 0 radical (unpaired) electrons. The molecule has 0 aliphatic carbocycles. The zero-order valence-electron chi connectivity index (χ0n) is 21.8. The van der Waals surface area contributed by atoms with E-state index in [9.17, 15) is 14.4 Å². The van der Waals surface area contributed by atoms with E-state index < -0.39 is 0 Å². The highest BCUT2D eigenvalue weighted by Gasteiger charge is 2.35. The van der Waals surface area contributed by atoms with Crippen LogP contribution in [0.3, 0.4) is 0 Å². The van der Waals surface area contributed by atoms with Crippen molar-refractivity contribution in [3.63, 3.8) is 0 Å². The molecule has 1 fully saturated rings. The number of nitrogens with one attached hydrogen (secondary N) is 1. The van der Waals surface area contributed by atoms with Crippen molar-refractivity contribution < 1.29 is 23.9 Å². The molecule has 196 valence electrons. The summed E-state index contributed by atoms with van der Waals surface area (Å²) in [5.74, 6) is 0.453. The molecule has 0 unspecified atom stereocenters. The zero-order chi connectivity index (χ0) is 27.2. The van der Waals surface area contributed by atoms with Gasteiger partial charge in [0.15, 0.2) is 18.1 Å². The lowest BCUT2D eigenvalue weighted by atomic mass is 10.0. The van der Waals surface area contributed by atoms with Crippen LogP contribution < -0.4 is 14.8 Å². The summed E-state index contributed by atoms with van der Waals surface area (Å²) in [6.45, 7) is 6.12. The molecule has 4 rings (SSSR count). The number of rotatable bonds is 9. The fourth-order valence-electron chi connectivity index (χ4n) is 4.08. The van der Waals surface area contributed by atoms with Crippen LogP contribution >= 0.6 is 11.8 Å². The van der Waals surface area contributed by atoms with Crippen molar-refractivity contribution in [1.29, 1.82) is 0 Å². The van der Waals surface area contributed by atoms with Gasteiger partial charge in [-0.1, -0.05) is 62.4 Å². The van der Waals surface area contributed by atoms with Gasteiger partial charge in [-0.3, -0.25) is 19.3 Å². The number of thioether (sulfide) groups is 1. The van der Waals surface area contributed by atoms with Crippen molar-refractivity contribution in [3.8, 4) is 11.5 Å². The largest absolute Gasteiger partial charge is 0.493 e. The van der Waals surface area contributed by atoms with E-state index in [1.54, 1.807) is 24.3 Å². The van der Waals surface area contributed by atoms with Crippen LogP contribution in [0, 0.1) is 6.92 Å². The predicted molar refractivity (Wildman–Crippen MR) is 150 cm³/mol. The SMILES string of the molecule is COc1cc(/C=C2\SC(=O)N(Cc3ccccc3C)C2=O)ccc1OCC(=O)Nc1ccccc1C(C)C. The third-order valence-corrected chi connectivity index (χ3v) is 7.07. The topological polar surface area (TPSA) is 84.9 Å². The predicted octanol–water partition coefficient (Wildman–Crippen LogP) is 6.38. The van der Waals surface area contributed by atoms with Crippen LogP contribution in [0.5, 0.6) is 11.5 Å². The maximum Gasteiger partial charge on any atom is 0.293 e. The van der Waals surface area contributed by atoms with Crippen LogP contribution in [0.4, 0.5) is 10.5 Å². The standard InChI is InChI=1S/C30H30N2O5S/c1-19(2)23-11-7-8-12-24(23)31-28(33)18-37-25-14-13-21(15-26(25)36-4)16-27-29(34)32(30(35)38-27)17-22-10-6-5-9-20(22)3/h5-16,19H,17-18H2,1-4H3,(H,31,33)/b27-16-. The van der Waals surface area contributed by atoms with E-state index in [1.165, 1.54) is 12.0 Å². The average molecular weight is 531 g/mol. The van der Waals surface area contributed by atoms with Gasteiger partial charge < -0.3 is 14.8 Å². The molecule has 3 aromatic rings. The molecule has 0 saturated carbocycles. The minimum Gasteiger partial charge on any atom is -0.493 e. The Hall–Kier alpha value is -4.04. The van der Waals surface area contributed by atoms with Crippen molar-refractivity contribution in [2.75, 3.05) is 19.0 Å². The monoisotopic (exact) mass is 530 g/mol. The number of carbonyl (C=O) groups is 3. The van der Waals surface area contributed by atoms with Crippen molar-refractivity contribution in [2.24, 2.45) is 0 Å². The summed E-state index contributed by atoms with van der Waals surface area (Å²) >= 11 is 0.911. The molecule has 3 amide bonds. The van der Waals surface area contributed by atoms with E-state index in [-0.39, 0.29) is 36.1 Å². The second kappa shape index (κ2) is 12.0. The van der Waals surface area contributed by atoms with Crippen LogP contribution in [-0.2, 0) is 16.1 Å². The zero-order valence-corrected chi connectivity index (χ0v) is 22.6. The molecule has 1 heterocycles. The third kappa shape index (κ3) is 6.26. The molecule has 8 heteroatoms. The van der Waals surface area contributed by atoms with Gasteiger partial charge in [0.25, 0.3) is 17.1 Å². The number of imide groups is 1. The summed E-state index contributed by atoms with van der Waals surface area (Å²) in [5, 5.41) is 2.60. The number of hydrogen-bond donors (Lipinski definition) is 1. The highest BCUT2D eigenvalue weighted by molar-refractivity contribution is 8.18. The van der Waals surface area contributed by atoms with Gasteiger partial charge in [-0.2, -0.15) is 0 Å². The maximum atomic E-state index is 13.0. The first-order valence-corrected chi connectivity index (χ1v) is 13.1. The molecule has 1 aliphatic rings. The summed E-state index contributed by atoms with van der Waals surface area (Å²) < 4.78 is 11.2. The molecule has 1 aliphatic heterocycles. The van der Waals surface area contributed by atoms with Crippen LogP contribution in [0.25, 0.3) is 6.08 Å². The fourth-order valence-corrected chi connectivity index (χ4v) is 4.92. The van der Waals surface area contributed by atoms with E-state index in [1.807, 2.05) is 55.5 Å². The average Bonchev–Trinajstić information content (AvgIpc) is 3.16. The number of amides is 3. The van der Waals surface area contributed by atoms with Gasteiger partial charge >= 0.3 is 0 Å². The Morgan fingerprint density at radius 3 is 2.50 bits per heavy atom. The number of aryl methyl sites for hydroxylation is 1. The molecule has 0 spiro atoms. The quantitative estimate of drug-likeness (QED) is 0.323. The molecular formula is C30H30N2O5S. The molecular weight excluding hydrogens is 500 g/mol. The van der Waals surface area contributed by atoms with E-state index >= 15 is 0 Å². The van der Waals surface area contributed by atoms with E-state index in [4.69, 9.17) is 9.47 Å². The van der Waals surface area contributed by atoms with Crippen molar-refractivity contribution in [3.05, 3.63) is 93.9 Å². The number of nitrogens with zero attached hydrogens (tertiary/aromatic N) is 1. The minimum atomic E-state index is -0.333. The van der Waals surface area contributed by atoms with Crippen molar-refractivity contribution in [1.82, 2.24) is 4.90 Å². The summed E-state index contributed by atoms with van der Waals surface area (Å²) in [6.07, 6.45) is 1.66. The number of methoxy groups -OCH3 is 1. The van der Waals surface area contributed by atoms with E-state index in [0.29, 0.717) is 22.0 Å². The van der Waals surface area contributed by atoms with Crippen LogP contribution in [0.15, 0.2) is 71.6 Å². The van der Waals surface area contributed by atoms with Gasteiger partial charge in [0.05, 0.1) is 18.6 Å². The van der Waals surface area contributed by atoms with Gasteiger partial charge in [-0.25, -0.2) is 0 Å². The number of ether oxygens (including phenoxy) is 2. The molecule has 3 aromatic carbocycles. The van der Waals surface area contributed by atoms with E-state index in [2.05, 4.69) is 19.2 Å². The smallest absolute Gasteiger partial charge is 0.293 e. The molecule has 38 heavy (non-hydrogen) atoms. The van der Waals surface area contributed by atoms with Gasteiger partial charge in [0, 0.05) is 5.69 Å². The Bertz CT molecular complexity index is 1400. The molecule has 0 atom stereocenters. The number of para-hydroxylation sites is 1. The lowest BCUT2D eigenvalue weighted by Crippen LogP contribution is -2.27. The highest BCUT2D eigenvalue weighted by Crippen LogP contribution is 2.35. The molecule has 7 nitrogen and oxygen atoms in total. The number of benzene rings is 3. The van der Waals surface area contributed by atoms with Crippen LogP contribution in [-0.4, -0.2) is 35.7 Å². The van der Waals surface area contributed by atoms with Gasteiger partial charge in [-0.05, 0) is 71.1 Å². The normalized spacial score (nSPS) is 14.3. The lowest BCUT2D eigenvalue weighted by molar-refractivity contribution is -0.123. The molecule has 1 saturated heterocycles. The molecule has 0 bridgehead atoms. The summed E-state index contributed by atoms with van der Waals surface area (Å²) in [5.41, 5.74) is 4.43. The molecule has 0 aromatic heterocycles. The fraction of sp³-hybridized carbons (Fsp3) is 0.233. The first kappa shape index (κ1) is 27.0. The number of carbonyl (C=O) groups excluding carboxylic acids is 3. The van der Waals surface area contributed by atoms with Gasteiger partial charge in [0.2, 0.25) is 0 Å². The summed E-state index contributed by atoms with van der Waals surface area (Å²) in [4.78, 5) is 39.7. The lowest BCUT2D eigenvalue weighted by Gasteiger charge is -2.15. The Kier molecular flexibility index (Phi) is 8.53. The second-order valence-electron chi connectivity index (χ2n) is 9.18. The maximum absolute atomic E-state index is 13.0. The highest BCUT2D eigenvalue weighted by atomic mass is 32.2. The van der Waals surface area contributed by atoms with Gasteiger partial charge in [0.1, 0.15) is 0 Å². The Balaban J connectivity index is 1.43. The van der Waals surface area contributed by atoms with Crippen molar-refractivity contribution in [2.45, 2.75) is 33.2 Å². The second-order valence-corrected chi connectivity index (χ2v) is 10.2. The van der Waals surface area contributed by atoms with Crippen LogP contribution in [0.2, 0.25) is 0 Å². The minimum absolute atomic E-state index is 0.195. The Morgan fingerprint density at radius 1 is 1.03 bits per heavy atom. The number of hydrogen-bond acceptors (Lipinski definition) is 6. The van der Waals surface area contributed by atoms with E-state index in [0.717, 1.165) is 34.1 Å². The Labute approximate surface area is 226 Å². The van der Waals surface area contributed by atoms with Crippen LogP contribution in [0.1, 0.15) is 42.0 Å². The third-order valence-electron chi connectivity index (χ3n) is 6.16. The first-order valence-electron chi connectivity index (χ1n) is 12.3. The number of anilines is 1. The van der Waals surface area contributed by atoms with Crippen molar-refractivity contribution >= 4 is 40.6 Å². The first-order chi connectivity index (χ1) is 18.3. The molecule has 1 N–H and O–H groups in total.